The van der Waals surface area contributed by atoms with E-state index in [1.54, 1.807) is 4.57 Å². The standard InChI is InChI=1S/C20H22N4O2/c1-12(18-13(2)23-26-15(18)4)11-17-19(21-5)22-20(25)24(17)14(3)16-9-7-6-8-10-16/h6-11,14H,5H2,1-4H3,(H,22,25)/b12-11+. The number of hydrogen-bond donors (Lipinski definition) is 1. The van der Waals surface area contributed by atoms with E-state index < -0.39 is 0 Å². The molecule has 1 unspecified atom stereocenters. The molecule has 3 rings (SSSR count). The van der Waals surface area contributed by atoms with Crippen molar-refractivity contribution in [1.29, 1.82) is 0 Å². The van der Waals surface area contributed by atoms with E-state index in [-0.39, 0.29) is 11.7 Å². The summed E-state index contributed by atoms with van der Waals surface area (Å²) >= 11 is 0. The van der Waals surface area contributed by atoms with E-state index in [9.17, 15) is 4.79 Å². The predicted octanol–water partition coefficient (Wildman–Crippen LogP) is 4.28. The molecule has 0 aliphatic heterocycles. The molecule has 134 valence electrons. The average molecular weight is 350 g/mol. The van der Waals surface area contributed by atoms with Crippen LogP contribution >= 0.6 is 0 Å². The lowest BCUT2D eigenvalue weighted by Gasteiger charge is -2.15. The molecule has 0 saturated heterocycles. The molecule has 1 N–H and O–H groups in total. The summed E-state index contributed by atoms with van der Waals surface area (Å²) in [5.41, 5.74) is 4.19. The van der Waals surface area contributed by atoms with Crippen LogP contribution in [0.3, 0.4) is 0 Å². The lowest BCUT2D eigenvalue weighted by atomic mass is 10.0. The van der Waals surface area contributed by atoms with Gasteiger partial charge in [0.1, 0.15) is 5.76 Å². The zero-order valence-corrected chi connectivity index (χ0v) is 15.4. The number of aliphatic imine (C=N–C) groups is 1. The van der Waals surface area contributed by atoms with Crippen molar-refractivity contribution >= 4 is 24.2 Å². The molecule has 2 heterocycles. The Morgan fingerprint density at radius 1 is 1.35 bits per heavy atom. The van der Waals surface area contributed by atoms with E-state index in [2.05, 4.69) is 21.9 Å². The maximum atomic E-state index is 12.6. The van der Waals surface area contributed by atoms with Crippen molar-refractivity contribution in [2.45, 2.75) is 33.7 Å². The maximum absolute atomic E-state index is 12.6. The van der Waals surface area contributed by atoms with Crippen LogP contribution in [0.1, 0.15) is 48.2 Å². The number of nitrogens with one attached hydrogen (secondary N) is 1. The molecule has 0 saturated carbocycles. The largest absolute Gasteiger partial charge is 0.361 e. The van der Waals surface area contributed by atoms with Gasteiger partial charge in [-0.05, 0) is 51.6 Å². The van der Waals surface area contributed by atoms with Crippen molar-refractivity contribution in [3.05, 3.63) is 69.1 Å². The summed E-state index contributed by atoms with van der Waals surface area (Å²) in [5.74, 6) is 1.19. The SMILES string of the molecule is C=Nc1[nH]c(=O)n(C(C)c2ccccc2)c1/C=C(\C)c1c(C)noc1C. The highest BCUT2D eigenvalue weighted by Crippen LogP contribution is 2.29. The number of aryl methyl sites for hydroxylation is 2. The summed E-state index contributed by atoms with van der Waals surface area (Å²) in [6.07, 6.45) is 1.92. The van der Waals surface area contributed by atoms with Crippen LogP contribution in [0.25, 0.3) is 11.6 Å². The summed E-state index contributed by atoms with van der Waals surface area (Å²) in [6, 6.07) is 9.72. The van der Waals surface area contributed by atoms with Crippen LogP contribution in [0, 0.1) is 13.8 Å². The minimum absolute atomic E-state index is 0.154. The van der Waals surface area contributed by atoms with Gasteiger partial charge in [-0.3, -0.25) is 9.55 Å². The van der Waals surface area contributed by atoms with E-state index in [4.69, 9.17) is 4.52 Å². The molecular formula is C20H22N4O2. The van der Waals surface area contributed by atoms with Crippen molar-refractivity contribution < 1.29 is 4.52 Å². The van der Waals surface area contributed by atoms with Crippen LogP contribution in [-0.2, 0) is 0 Å². The highest BCUT2D eigenvalue weighted by atomic mass is 16.5. The van der Waals surface area contributed by atoms with Crippen molar-refractivity contribution in [2.75, 3.05) is 0 Å². The molecule has 0 spiro atoms. The number of H-pyrrole nitrogens is 1. The van der Waals surface area contributed by atoms with Crippen LogP contribution in [0.5, 0.6) is 0 Å². The van der Waals surface area contributed by atoms with Crippen LogP contribution in [0.15, 0.2) is 44.6 Å². The highest BCUT2D eigenvalue weighted by Gasteiger charge is 2.19. The molecule has 0 aliphatic rings. The molecule has 0 amide bonds. The van der Waals surface area contributed by atoms with Gasteiger partial charge in [-0.25, -0.2) is 9.79 Å². The number of aromatic nitrogens is 3. The van der Waals surface area contributed by atoms with Crippen molar-refractivity contribution in [3.63, 3.8) is 0 Å². The fraction of sp³-hybridized carbons (Fsp3) is 0.250. The van der Waals surface area contributed by atoms with Crippen molar-refractivity contribution in [2.24, 2.45) is 4.99 Å². The first kappa shape index (κ1) is 17.7. The number of rotatable bonds is 5. The van der Waals surface area contributed by atoms with Crippen molar-refractivity contribution in [1.82, 2.24) is 14.7 Å². The maximum Gasteiger partial charge on any atom is 0.328 e. The molecule has 0 radical (unpaired) electrons. The quantitative estimate of drug-likeness (QED) is 0.698. The molecule has 1 aromatic carbocycles. The second kappa shape index (κ2) is 7.00. The molecular weight excluding hydrogens is 328 g/mol. The topological polar surface area (TPSA) is 76.2 Å². The van der Waals surface area contributed by atoms with E-state index in [0.29, 0.717) is 11.5 Å². The first-order valence-electron chi connectivity index (χ1n) is 8.41. The molecule has 0 aliphatic carbocycles. The molecule has 6 nitrogen and oxygen atoms in total. The number of hydrogen-bond acceptors (Lipinski definition) is 4. The Labute approximate surface area is 151 Å². The van der Waals surface area contributed by atoms with E-state index in [1.165, 1.54) is 0 Å². The van der Waals surface area contributed by atoms with Crippen LogP contribution in [-0.4, -0.2) is 21.4 Å². The molecule has 26 heavy (non-hydrogen) atoms. The summed E-state index contributed by atoms with van der Waals surface area (Å²) in [7, 11) is 0. The Balaban J connectivity index is 2.17. The number of nitrogens with zero attached hydrogens (tertiary/aromatic N) is 3. The number of imidazole rings is 1. The van der Waals surface area contributed by atoms with E-state index in [1.807, 2.05) is 64.1 Å². The fourth-order valence-electron chi connectivity index (χ4n) is 3.30. The molecule has 2 aromatic heterocycles. The predicted molar refractivity (Wildman–Crippen MR) is 104 cm³/mol. The third kappa shape index (κ3) is 3.06. The summed E-state index contributed by atoms with van der Waals surface area (Å²) < 4.78 is 6.96. The van der Waals surface area contributed by atoms with Gasteiger partial charge in [0.15, 0.2) is 5.82 Å². The molecule has 1 atom stereocenters. The first-order chi connectivity index (χ1) is 12.4. The minimum Gasteiger partial charge on any atom is -0.361 e. The smallest absolute Gasteiger partial charge is 0.328 e. The van der Waals surface area contributed by atoms with Gasteiger partial charge in [0.05, 0.1) is 17.4 Å². The number of allylic oxidation sites excluding steroid dienone is 1. The summed E-state index contributed by atoms with van der Waals surface area (Å²) in [4.78, 5) is 19.4. The minimum atomic E-state index is -0.221. The van der Waals surface area contributed by atoms with Gasteiger partial charge in [-0.15, -0.1) is 0 Å². The van der Waals surface area contributed by atoms with Crippen LogP contribution in [0.2, 0.25) is 0 Å². The van der Waals surface area contributed by atoms with Crippen molar-refractivity contribution in [3.8, 4) is 0 Å². The number of aromatic amines is 1. The van der Waals surface area contributed by atoms with Gasteiger partial charge in [0, 0.05) is 5.56 Å². The van der Waals surface area contributed by atoms with Gasteiger partial charge in [-0.1, -0.05) is 35.5 Å². The lowest BCUT2D eigenvalue weighted by Crippen LogP contribution is -2.22. The second-order valence-electron chi connectivity index (χ2n) is 6.31. The lowest BCUT2D eigenvalue weighted by molar-refractivity contribution is 0.393. The second-order valence-corrected chi connectivity index (χ2v) is 6.31. The molecule has 6 heteroatoms. The zero-order chi connectivity index (χ0) is 18.8. The van der Waals surface area contributed by atoms with E-state index >= 15 is 0 Å². The number of benzene rings is 1. The van der Waals surface area contributed by atoms with Gasteiger partial charge in [0.2, 0.25) is 0 Å². The fourth-order valence-corrected chi connectivity index (χ4v) is 3.30. The Kier molecular flexibility index (Phi) is 4.75. The van der Waals surface area contributed by atoms with Crippen LogP contribution < -0.4 is 5.69 Å². The Hall–Kier alpha value is -3.15. The van der Waals surface area contributed by atoms with Crippen LogP contribution in [0.4, 0.5) is 5.82 Å². The molecule has 3 aromatic rings. The Morgan fingerprint density at radius 2 is 2.04 bits per heavy atom. The van der Waals surface area contributed by atoms with Gasteiger partial charge in [-0.2, -0.15) is 0 Å². The molecule has 0 fully saturated rings. The normalized spacial score (nSPS) is 13.0. The third-order valence-corrected chi connectivity index (χ3v) is 4.55. The average Bonchev–Trinajstić information content (AvgIpc) is 3.13. The summed E-state index contributed by atoms with van der Waals surface area (Å²) in [6.45, 7) is 11.3. The Bertz CT molecular complexity index is 1000. The Morgan fingerprint density at radius 3 is 2.62 bits per heavy atom. The molecule has 0 bridgehead atoms. The van der Waals surface area contributed by atoms with Gasteiger partial charge >= 0.3 is 5.69 Å². The monoisotopic (exact) mass is 350 g/mol. The zero-order valence-electron chi connectivity index (χ0n) is 15.4. The van der Waals surface area contributed by atoms with E-state index in [0.717, 1.165) is 28.2 Å². The highest BCUT2D eigenvalue weighted by molar-refractivity contribution is 5.83. The third-order valence-electron chi connectivity index (χ3n) is 4.55. The first-order valence-corrected chi connectivity index (χ1v) is 8.41. The van der Waals surface area contributed by atoms with Gasteiger partial charge < -0.3 is 4.52 Å². The summed E-state index contributed by atoms with van der Waals surface area (Å²) in [5, 5.41) is 4.00. The van der Waals surface area contributed by atoms with Gasteiger partial charge in [0.25, 0.3) is 0 Å².